The van der Waals surface area contributed by atoms with Crippen LogP contribution in [0.1, 0.15) is 5.56 Å². The number of halogens is 4. The van der Waals surface area contributed by atoms with Crippen LogP contribution in [0.2, 0.25) is 0 Å². The molecule has 2 aromatic carbocycles. The quantitative estimate of drug-likeness (QED) is 0.840. The van der Waals surface area contributed by atoms with Crippen molar-refractivity contribution in [2.45, 2.75) is 13.2 Å². The molecule has 0 aliphatic rings. The number of hydrogen-bond donors (Lipinski definition) is 1. The fourth-order valence-corrected chi connectivity index (χ4v) is 1.90. The second-order valence-electron chi connectivity index (χ2n) is 3.98. The molecular weight excluding hydrogens is 335 g/mol. The van der Waals surface area contributed by atoms with E-state index in [1.54, 1.807) is 30.3 Å². The summed E-state index contributed by atoms with van der Waals surface area (Å²) in [6.07, 6.45) is 0. The minimum Gasteiger partial charge on any atom is -0.433 e. The first kappa shape index (κ1) is 14.7. The summed E-state index contributed by atoms with van der Waals surface area (Å²) in [4.78, 5) is 0. The van der Waals surface area contributed by atoms with Crippen LogP contribution in [0.15, 0.2) is 46.9 Å². The highest BCUT2D eigenvalue weighted by Crippen LogP contribution is 2.26. The van der Waals surface area contributed by atoms with E-state index in [-0.39, 0.29) is 11.6 Å². The number of benzene rings is 2. The third kappa shape index (κ3) is 3.90. The van der Waals surface area contributed by atoms with Gasteiger partial charge in [0.15, 0.2) is 0 Å². The molecule has 0 aliphatic heterocycles. The molecule has 0 amide bonds. The highest BCUT2D eigenvalue weighted by Gasteiger charge is 2.09. The lowest BCUT2D eigenvalue weighted by Gasteiger charge is -2.12. The maximum absolute atomic E-state index is 13.4. The molecule has 106 valence electrons. The van der Waals surface area contributed by atoms with Crippen molar-refractivity contribution in [3.05, 3.63) is 58.3 Å². The molecule has 2 rings (SSSR count). The summed E-state index contributed by atoms with van der Waals surface area (Å²) >= 11 is 3.07. The molecule has 2 nitrogen and oxygen atoms in total. The molecule has 0 spiro atoms. The van der Waals surface area contributed by atoms with E-state index in [9.17, 15) is 13.2 Å². The van der Waals surface area contributed by atoms with Crippen LogP contribution in [0.4, 0.5) is 18.9 Å². The number of hydrogen-bond acceptors (Lipinski definition) is 2. The van der Waals surface area contributed by atoms with Crippen molar-refractivity contribution in [3.8, 4) is 5.75 Å². The Bertz CT molecular complexity index is 592. The monoisotopic (exact) mass is 345 g/mol. The molecule has 1 N–H and O–H groups in total. The first-order valence-corrected chi connectivity index (χ1v) is 6.57. The van der Waals surface area contributed by atoms with E-state index in [1.807, 2.05) is 0 Å². The van der Waals surface area contributed by atoms with Gasteiger partial charge in [0.1, 0.15) is 11.6 Å². The van der Waals surface area contributed by atoms with Gasteiger partial charge in [0, 0.05) is 6.54 Å². The van der Waals surface area contributed by atoms with E-state index in [0.717, 1.165) is 0 Å². The van der Waals surface area contributed by atoms with Crippen LogP contribution in [0, 0.1) is 5.82 Å². The van der Waals surface area contributed by atoms with E-state index in [4.69, 9.17) is 0 Å². The Labute approximate surface area is 122 Å². The van der Waals surface area contributed by atoms with Gasteiger partial charge >= 0.3 is 6.61 Å². The Balaban J connectivity index is 2.08. The van der Waals surface area contributed by atoms with Gasteiger partial charge in [-0.15, -0.1) is 0 Å². The van der Waals surface area contributed by atoms with Crippen LogP contribution in [-0.2, 0) is 6.54 Å². The van der Waals surface area contributed by atoms with Crippen molar-refractivity contribution < 1.29 is 17.9 Å². The number of alkyl halides is 2. The van der Waals surface area contributed by atoms with E-state index < -0.39 is 6.61 Å². The van der Waals surface area contributed by atoms with Crippen molar-refractivity contribution in [1.29, 1.82) is 0 Å². The van der Waals surface area contributed by atoms with Crippen LogP contribution in [0.5, 0.6) is 5.75 Å². The van der Waals surface area contributed by atoms with Crippen LogP contribution in [0.25, 0.3) is 0 Å². The lowest BCUT2D eigenvalue weighted by Crippen LogP contribution is -2.06. The van der Waals surface area contributed by atoms with Gasteiger partial charge in [-0.3, -0.25) is 0 Å². The second-order valence-corrected chi connectivity index (χ2v) is 4.83. The molecule has 0 bridgehead atoms. The molecule has 0 aromatic heterocycles. The standard InChI is InChI=1S/C14H11BrF3NO/c15-10-6-5-9(7-11(10)16)8-19-12-3-1-2-4-13(12)20-14(17)18/h1-7,14,19H,8H2. The molecule has 0 aliphatic carbocycles. The van der Waals surface area contributed by atoms with Gasteiger partial charge < -0.3 is 10.1 Å². The van der Waals surface area contributed by atoms with Crippen LogP contribution in [-0.4, -0.2) is 6.61 Å². The molecule has 0 saturated carbocycles. The van der Waals surface area contributed by atoms with E-state index in [0.29, 0.717) is 22.3 Å². The number of para-hydroxylation sites is 2. The molecule has 6 heteroatoms. The van der Waals surface area contributed by atoms with Crippen molar-refractivity contribution in [2.75, 3.05) is 5.32 Å². The first-order chi connectivity index (χ1) is 9.56. The van der Waals surface area contributed by atoms with Gasteiger partial charge in [-0.05, 0) is 45.8 Å². The van der Waals surface area contributed by atoms with Gasteiger partial charge in [0.2, 0.25) is 0 Å². The third-order valence-corrected chi connectivity index (χ3v) is 3.21. The SMILES string of the molecule is Fc1cc(CNc2ccccc2OC(F)F)ccc1Br. The smallest absolute Gasteiger partial charge is 0.387 e. The van der Waals surface area contributed by atoms with Crippen LogP contribution in [0.3, 0.4) is 0 Å². The normalized spacial score (nSPS) is 10.7. The van der Waals surface area contributed by atoms with Crippen molar-refractivity contribution in [2.24, 2.45) is 0 Å². The minimum absolute atomic E-state index is 0.0556. The van der Waals surface area contributed by atoms with Gasteiger partial charge in [-0.2, -0.15) is 8.78 Å². The molecule has 0 heterocycles. The third-order valence-electron chi connectivity index (χ3n) is 2.57. The molecule has 0 unspecified atom stereocenters. The summed E-state index contributed by atoms with van der Waals surface area (Å²) in [5.74, 6) is -0.318. The van der Waals surface area contributed by atoms with Gasteiger partial charge in [0.25, 0.3) is 0 Å². The minimum atomic E-state index is -2.89. The topological polar surface area (TPSA) is 21.3 Å². The van der Waals surface area contributed by atoms with Crippen molar-refractivity contribution in [1.82, 2.24) is 0 Å². The zero-order chi connectivity index (χ0) is 14.5. The maximum atomic E-state index is 13.4. The molecule has 0 saturated heterocycles. The summed E-state index contributed by atoms with van der Waals surface area (Å²) in [5.41, 5.74) is 1.12. The summed E-state index contributed by atoms with van der Waals surface area (Å²) in [6, 6.07) is 11.0. The Morgan fingerprint density at radius 2 is 1.90 bits per heavy atom. The zero-order valence-electron chi connectivity index (χ0n) is 10.2. The number of anilines is 1. The first-order valence-electron chi connectivity index (χ1n) is 5.78. The summed E-state index contributed by atoms with van der Waals surface area (Å²) in [7, 11) is 0. The number of nitrogens with one attached hydrogen (secondary N) is 1. The summed E-state index contributed by atoms with van der Waals surface area (Å²) in [6.45, 7) is -2.59. The zero-order valence-corrected chi connectivity index (χ0v) is 11.8. The highest BCUT2D eigenvalue weighted by atomic mass is 79.9. The Hall–Kier alpha value is -1.69. The highest BCUT2D eigenvalue weighted by molar-refractivity contribution is 9.10. The fraction of sp³-hybridized carbons (Fsp3) is 0.143. The Kier molecular flexibility index (Phi) is 4.89. The molecular formula is C14H11BrF3NO. The Morgan fingerprint density at radius 1 is 1.15 bits per heavy atom. The van der Waals surface area contributed by atoms with E-state index in [1.165, 1.54) is 12.1 Å². The van der Waals surface area contributed by atoms with E-state index in [2.05, 4.69) is 26.0 Å². The maximum Gasteiger partial charge on any atom is 0.387 e. The molecule has 2 aromatic rings. The number of ether oxygens (including phenoxy) is 1. The molecule has 20 heavy (non-hydrogen) atoms. The second kappa shape index (κ2) is 6.65. The molecule has 0 fully saturated rings. The predicted molar refractivity (Wildman–Crippen MR) is 74.5 cm³/mol. The van der Waals surface area contributed by atoms with Crippen LogP contribution >= 0.6 is 15.9 Å². The lowest BCUT2D eigenvalue weighted by molar-refractivity contribution is -0.0493. The summed E-state index contributed by atoms with van der Waals surface area (Å²) in [5, 5.41) is 2.94. The Morgan fingerprint density at radius 3 is 2.60 bits per heavy atom. The van der Waals surface area contributed by atoms with Gasteiger partial charge in [-0.1, -0.05) is 18.2 Å². The van der Waals surface area contributed by atoms with Gasteiger partial charge in [-0.25, -0.2) is 4.39 Å². The lowest BCUT2D eigenvalue weighted by atomic mass is 10.2. The number of rotatable bonds is 5. The van der Waals surface area contributed by atoms with Crippen molar-refractivity contribution in [3.63, 3.8) is 0 Å². The molecule has 0 atom stereocenters. The van der Waals surface area contributed by atoms with E-state index >= 15 is 0 Å². The molecule has 0 radical (unpaired) electrons. The summed E-state index contributed by atoms with van der Waals surface area (Å²) < 4.78 is 42.6. The van der Waals surface area contributed by atoms with Crippen LogP contribution < -0.4 is 10.1 Å². The fourth-order valence-electron chi connectivity index (χ4n) is 1.66. The largest absolute Gasteiger partial charge is 0.433 e. The predicted octanol–water partition coefficient (Wildman–Crippen LogP) is 4.80. The van der Waals surface area contributed by atoms with Crippen molar-refractivity contribution >= 4 is 21.6 Å². The average Bonchev–Trinajstić information content (AvgIpc) is 2.41. The van der Waals surface area contributed by atoms with Gasteiger partial charge in [0.05, 0.1) is 10.2 Å². The average molecular weight is 346 g/mol.